The largest absolute Gasteiger partial charge is 0.399 e. The second kappa shape index (κ2) is 6.86. The molecule has 0 heterocycles. The van der Waals surface area contributed by atoms with Crippen LogP contribution in [0, 0.1) is 29.1 Å². The van der Waals surface area contributed by atoms with E-state index in [1.54, 1.807) is 5.57 Å². The zero-order valence-electron chi connectivity index (χ0n) is 18.0. The Morgan fingerprint density at radius 2 is 1.97 bits per heavy atom. The van der Waals surface area contributed by atoms with Gasteiger partial charge >= 0.3 is 0 Å². The molecule has 5 rings (SSSR count). The summed E-state index contributed by atoms with van der Waals surface area (Å²) in [5, 5.41) is 11.6. The van der Waals surface area contributed by atoms with Crippen molar-refractivity contribution in [3.05, 3.63) is 52.6 Å². The van der Waals surface area contributed by atoms with Gasteiger partial charge in [0.2, 0.25) is 0 Å². The fourth-order valence-electron chi connectivity index (χ4n) is 7.04. The molecule has 1 aromatic rings. The molecule has 0 aliphatic heterocycles. The first kappa shape index (κ1) is 19.6. The van der Waals surface area contributed by atoms with Crippen LogP contribution in [0.2, 0.25) is 0 Å². The van der Waals surface area contributed by atoms with E-state index in [4.69, 9.17) is 5.73 Å². The Bertz CT molecular complexity index is 1020. The van der Waals surface area contributed by atoms with Crippen LogP contribution >= 0.6 is 0 Å². The summed E-state index contributed by atoms with van der Waals surface area (Å²) in [6.07, 6.45) is 8.07. The predicted octanol–water partition coefficient (Wildman–Crippen LogP) is 4.92. The number of hydrogen-bond acceptors (Lipinski definition) is 3. The van der Waals surface area contributed by atoms with Crippen molar-refractivity contribution in [1.82, 2.24) is 0 Å². The lowest BCUT2D eigenvalue weighted by Crippen LogP contribution is -2.50. The average molecular weight is 402 g/mol. The molecule has 3 heteroatoms. The van der Waals surface area contributed by atoms with Gasteiger partial charge in [0, 0.05) is 29.9 Å². The number of ketones is 1. The molecule has 0 radical (unpaired) electrons. The number of aliphatic hydroxyl groups is 1. The Labute approximate surface area is 179 Å². The van der Waals surface area contributed by atoms with Crippen molar-refractivity contribution in [1.29, 1.82) is 0 Å². The van der Waals surface area contributed by atoms with Crippen LogP contribution in [-0.4, -0.2) is 16.5 Å². The molecule has 30 heavy (non-hydrogen) atoms. The minimum Gasteiger partial charge on any atom is -0.399 e. The lowest BCUT2D eigenvalue weighted by molar-refractivity contribution is -0.118. The number of hydrogen-bond donors (Lipinski definition) is 2. The van der Waals surface area contributed by atoms with E-state index in [9.17, 15) is 9.90 Å². The Hall–Kier alpha value is -2.31. The number of carbonyl (C=O) groups is 1. The lowest BCUT2D eigenvalue weighted by atomic mass is 9.51. The van der Waals surface area contributed by atoms with Crippen LogP contribution in [0.5, 0.6) is 0 Å². The molecule has 0 spiro atoms. The number of fused-ring (bicyclic) bond motifs is 4. The summed E-state index contributed by atoms with van der Waals surface area (Å²) in [5.74, 6) is 7.67. The van der Waals surface area contributed by atoms with Crippen LogP contribution in [0.25, 0.3) is 0 Å². The van der Waals surface area contributed by atoms with Gasteiger partial charge in [0.25, 0.3) is 0 Å². The molecule has 3 fully saturated rings. The molecule has 5 unspecified atom stereocenters. The van der Waals surface area contributed by atoms with Crippen LogP contribution in [0.1, 0.15) is 70.3 Å². The Morgan fingerprint density at radius 1 is 1.20 bits per heavy atom. The summed E-state index contributed by atoms with van der Waals surface area (Å²) in [5.41, 5.74) is 11.1. The molecule has 5 atom stereocenters. The number of allylic oxidation sites excluding steroid dienone is 4. The molecule has 3 saturated carbocycles. The van der Waals surface area contributed by atoms with Crippen LogP contribution in [0.15, 0.2) is 47.1 Å². The molecule has 0 bridgehead atoms. The zero-order valence-corrected chi connectivity index (χ0v) is 18.0. The molecule has 1 aromatic carbocycles. The SMILES string of the molecule is CC#CC1(O)CCC2C3CC=C4CC(=O)CCC4=C3C(c3ccc(N)cc3)CC21C. The maximum Gasteiger partial charge on any atom is 0.137 e. The van der Waals surface area contributed by atoms with Crippen LogP contribution in [-0.2, 0) is 4.79 Å². The maximum absolute atomic E-state index is 12.1. The first-order chi connectivity index (χ1) is 14.4. The van der Waals surface area contributed by atoms with Gasteiger partial charge in [-0.3, -0.25) is 4.79 Å². The quantitative estimate of drug-likeness (QED) is 0.518. The van der Waals surface area contributed by atoms with Crippen molar-refractivity contribution in [3.8, 4) is 11.8 Å². The van der Waals surface area contributed by atoms with E-state index in [0.717, 1.165) is 37.8 Å². The highest BCUT2D eigenvalue weighted by atomic mass is 16.3. The van der Waals surface area contributed by atoms with Gasteiger partial charge in [-0.15, -0.1) is 5.92 Å². The lowest BCUT2D eigenvalue weighted by Gasteiger charge is -2.53. The molecule has 0 amide bonds. The van der Waals surface area contributed by atoms with Gasteiger partial charge in [-0.05, 0) is 79.7 Å². The monoisotopic (exact) mass is 401 g/mol. The van der Waals surface area contributed by atoms with Gasteiger partial charge in [-0.25, -0.2) is 0 Å². The summed E-state index contributed by atoms with van der Waals surface area (Å²) >= 11 is 0. The van der Waals surface area contributed by atoms with E-state index in [-0.39, 0.29) is 11.3 Å². The standard InChI is InChI=1S/C27H31NO2/c1-3-13-27(30)14-12-24-22-10-6-18-15-20(29)9-11-21(18)25(22)23(16-26(24,27)2)17-4-7-19(28)8-5-17/h4-8,22-24,30H,9-12,14-16,28H2,1-2H3. The third-order valence-corrected chi connectivity index (χ3v) is 8.54. The van der Waals surface area contributed by atoms with E-state index in [0.29, 0.717) is 30.5 Å². The number of nitrogens with two attached hydrogens (primary N) is 1. The summed E-state index contributed by atoms with van der Waals surface area (Å²) in [6.45, 7) is 4.10. The van der Waals surface area contributed by atoms with E-state index in [2.05, 4.69) is 37.0 Å². The van der Waals surface area contributed by atoms with E-state index in [1.165, 1.54) is 16.7 Å². The van der Waals surface area contributed by atoms with Crippen molar-refractivity contribution in [2.75, 3.05) is 5.73 Å². The van der Waals surface area contributed by atoms with Gasteiger partial charge in [0.1, 0.15) is 11.4 Å². The molecular weight excluding hydrogens is 370 g/mol. The highest BCUT2D eigenvalue weighted by Crippen LogP contribution is 2.66. The van der Waals surface area contributed by atoms with Gasteiger partial charge in [0.15, 0.2) is 0 Å². The van der Waals surface area contributed by atoms with Crippen molar-refractivity contribution in [2.45, 2.75) is 70.3 Å². The highest BCUT2D eigenvalue weighted by Gasteiger charge is 2.62. The molecule has 0 saturated heterocycles. The van der Waals surface area contributed by atoms with Crippen molar-refractivity contribution >= 4 is 11.5 Å². The minimum atomic E-state index is -0.929. The summed E-state index contributed by atoms with van der Waals surface area (Å²) in [6, 6.07) is 8.28. The fourth-order valence-corrected chi connectivity index (χ4v) is 7.04. The summed E-state index contributed by atoms with van der Waals surface area (Å²) in [7, 11) is 0. The summed E-state index contributed by atoms with van der Waals surface area (Å²) < 4.78 is 0. The van der Waals surface area contributed by atoms with Crippen molar-refractivity contribution < 1.29 is 9.90 Å². The first-order valence-electron chi connectivity index (χ1n) is 11.3. The summed E-state index contributed by atoms with van der Waals surface area (Å²) in [4.78, 5) is 12.1. The molecule has 3 N–H and O–H groups in total. The van der Waals surface area contributed by atoms with Gasteiger partial charge in [0.05, 0.1) is 0 Å². The van der Waals surface area contributed by atoms with Gasteiger partial charge < -0.3 is 10.8 Å². The van der Waals surface area contributed by atoms with Gasteiger partial charge in [-0.1, -0.05) is 36.6 Å². The van der Waals surface area contributed by atoms with Crippen molar-refractivity contribution in [2.24, 2.45) is 17.3 Å². The first-order valence-corrected chi connectivity index (χ1v) is 11.3. The Morgan fingerprint density at radius 3 is 2.70 bits per heavy atom. The number of nitrogen functional groups attached to an aromatic ring is 1. The highest BCUT2D eigenvalue weighted by molar-refractivity contribution is 5.84. The van der Waals surface area contributed by atoms with E-state index in [1.807, 2.05) is 19.1 Å². The molecule has 4 aliphatic rings. The predicted molar refractivity (Wildman–Crippen MR) is 120 cm³/mol. The average Bonchev–Trinajstić information content (AvgIpc) is 2.98. The van der Waals surface area contributed by atoms with Crippen LogP contribution in [0.4, 0.5) is 5.69 Å². The second-order valence-electron chi connectivity index (χ2n) is 9.94. The molecule has 0 aromatic heterocycles. The van der Waals surface area contributed by atoms with E-state index < -0.39 is 5.60 Å². The van der Waals surface area contributed by atoms with Crippen molar-refractivity contribution in [3.63, 3.8) is 0 Å². The molecular formula is C27H31NO2. The minimum absolute atomic E-state index is 0.243. The number of anilines is 1. The fraction of sp³-hybridized carbons (Fsp3) is 0.519. The van der Waals surface area contributed by atoms with Crippen LogP contribution in [0.3, 0.4) is 0 Å². The Balaban J connectivity index is 1.67. The van der Waals surface area contributed by atoms with Crippen LogP contribution < -0.4 is 5.73 Å². The molecule has 156 valence electrons. The number of rotatable bonds is 1. The Kier molecular flexibility index (Phi) is 4.49. The third kappa shape index (κ3) is 2.73. The van der Waals surface area contributed by atoms with E-state index >= 15 is 0 Å². The second-order valence-corrected chi connectivity index (χ2v) is 9.94. The zero-order chi connectivity index (χ0) is 21.1. The number of carbonyl (C=O) groups excluding carboxylic acids is 1. The number of Topliss-reactive ketones (excluding diaryl/α,β-unsaturated/α-hetero) is 1. The van der Waals surface area contributed by atoms with Gasteiger partial charge in [-0.2, -0.15) is 0 Å². The number of benzene rings is 1. The third-order valence-electron chi connectivity index (χ3n) is 8.54. The normalized spacial score (nSPS) is 37.5. The smallest absolute Gasteiger partial charge is 0.137 e. The molecule has 4 aliphatic carbocycles. The maximum atomic E-state index is 12.1. The topological polar surface area (TPSA) is 63.3 Å². The molecule has 3 nitrogen and oxygen atoms in total.